The number of nitrogens with zero attached hydrogens (tertiary/aromatic N) is 2. The van der Waals surface area contributed by atoms with Crippen molar-refractivity contribution in [2.24, 2.45) is 9.98 Å². The minimum atomic E-state index is -0.416. The van der Waals surface area contributed by atoms with Gasteiger partial charge in [0.2, 0.25) is 0 Å². The van der Waals surface area contributed by atoms with Crippen LogP contribution < -0.4 is 5.32 Å². The van der Waals surface area contributed by atoms with Crippen LogP contribution in [0.2, 0.25) is 0 Å². The quantitative estimate of drug-likeness (QED) is 0.226. The van der Waals surface area contributed by atoms with Crippen molar-refractivity contribution < 1.29 is 4.42 Å². The molecular weight excluding hydrogens is 550 g/mol. The fourth-order valence-corrected chi connectivity index (χ4v) is 6.42. The second-order valence-corrected chi connectivity index (χ2v) is 11.5. The maximum absolute atomic E-state index is 6.38. The molecule has 1 aliphatic rings. The number of amidine groups is 2. The fraction of sp³-hybridized carbons (Fsp3) is 0.0244. The first-order valence-electron chi connectivity index (χ1n) is 15.2. The van der Waals surface area contributed by atoms with Crippen LogP contribution in [0.3, 0.4) is 0 Å². The van der Waals surface area contributed by atoms with Crippen LogP contribution in [-0.4, -0.2) is 11.7 Å². The van der Waals surface area contributed by atoms with Gasteiger partial charge in [-0.25, -0.2) is 9.98 Å². The molecule has 9 rings (SSSR count). The zero-order valence-corrected chi connectivity index (χ0v) is 24.3. The molecule has 0 fully saturated rings. The van der Waals surface area contributed by atoms with Gasteiger partial charge in [-0.3, -0.25) is 0 Å². The Morgan fingerprint density at radius 3 is 1.98 bits per heavy atom. The van der Waals surface area contributed by atoms with Crippen LogP contribution in [0, 0.1) is 0 Å². The molecule has 0 radical (unpaired) electrons. The molecular formula is C41H27N3O. The molecule has 0 bridgehead atoms. The van der Waals surface area contributed by atoms with Crippen LogP contribution in [0.4, 0.5) is 0 Å². The van der Waals surface area contributed by atoms with E-state index in [2.05, 4.69) is 139 Å². The van der Waals surface area contributed by atoms with Crippen LogP contribution >= 0.6 is 0 Å². The molecule has 7 aromatic carbocycles. The van der Waals surface area contributed by atoms with Crippen molar-refractivity contribution in [3.05, 3.63) is 168 Å². The van der Waals surface area contributed by atoms with Crippen LogP contribution in [0.15, 0.2) is 166 Å². The van der Waals surface area contributed by atoms with Gasteiger partial charge >= 0.3 is 0 Å². The molecule has 0 saturated heterocycles. The van der Waals surface area contributed by atoms with E-state index in [1.54, 1.807) is 0 Å². The molecule has 0 spiro atoms. The van der Waals surface area contributed by atoms with Gasteiger partial charge in [0.05, 0.1) is 0 Å². The Kier molecular flexibility index (Phi) is 5.85. The van der Waals surface area contributed by atoms with E-state index in [4.69, 9.17) is 14.4 Å². The summed E-state index contributed by atoms with van der Waals surface area (Å²) >= 11 is 0. The lowest BCUT2D eigenvalue weighted by atomic mass is 9.99. The molecule has 1 N–H and O–H groups in total. The number of nitrogens with one attached hydrogen (secondary N) is 1. The van der Waals surface area contributed by atoms with Gasteiger partial charge in [0.1, 0.15) is 22.8 Å². The lowest BCUT2D eigenvalue weighted by Gasteiger charge is -2.23. The molecule has 2 heterocycles. The molecule has 1 aromatic heterocycles. The molecule has 1 atom stereocenters. The minimum Gasteiger partial charge on any atom is -0.456 e. The van der Waals surface area contributed by atoms with E-state index in [1.165, 1.54) is 27.1 Å². The van der Waals surface area contributed by atoms with E-state index >= 15 is 0 Å². The number of rotatable bonds is 4. The van der Waals surface area contributed by atoms with Crippen LogP contribution in [0.25, 0.3) is 54.6 Å². The third-order valence-corrected chi connectivity index (χ3v) is 8.69. The average molecular weight is 578 g/mol. The van der Waals surface area contributed by atoms with Crippen molar-refractivity contribution >= 4 is 55.2 Å². The number of hydrogen-bond donors (Lipinski definition) is 1. The van der Waals surface area contributed by atoms with Gasteiger partial charge in [-0.2, -0.15) is 0 Å². The number of hydrogen-bond acceptors (Lipinski definition) is 4. The van der Waals surface area contributed by atoms with E-state index in [9.17, 15) is 0 Å². The summed E-state index contributed by atoms with van der Waals surface area (Å²) in [6.45, 7) is 0. The number of aliphatic imine (C=N–C) groups is 2. The summed E-state index contributed by atoms with van der Waals surface area (Å²) in [5, 5.41) is 10.5. The molecule has 8 aromatic rings. The minimum absolute atomic E-state index is 0.416. The highest BCUT2D eigenvalue weighted by atomic mass is 16.3. The first-order chi connectivity index (χ1) is 22.3. The Bertz CT molecular complexity index is 2470. The topological polar surface area (TPSA) is 49.9 Å². The summed E-state index contributed by atoms with van der Waals surface area (Å²) < 4.78 is 6.38. The largest absolute Gasteiger partial charge is 0.456 e. The van der Waals surface area contributed by atoms with Gasteiger partial charge in [-0.1, -0.05) is 121 Å². The van der Waals surface area contributed by atoms with Gasteiger partial charge < -0.3 is 9.73 Å². The molecule has 1 aliphatic heterocycles. The van der Waals surface area contributed by atoms with Crippen molar-refractivity contribution in [2.75, 3.05) is 0 Å². The van der Waals surface area contributed by atoms with Gasteiger partial charge in [-0.15, -0.1) is 0 Å². The van der Waals surface area contributed by atoms with Gasteiger partial charge in [-0.05, 0) is 68.6 Å². The lowest BCUT2D eigenvalue weighted by Crippen LogP contribution is -2.36. The maximum Gasteiger partial charge on any atom is 0.169 e. The Morgan fingerprint density at radius 1 is 0.467 bits per heavy atom. The summed E-state index contributed by atoms with van der Waals surface area (Å²) in [6, 6.07) is 52.9. The SMILES string of the molecule is c1ccc(-c2ccc3oc4cccc(C5=NC(c6ccc7ccccc7c6)N=C(c6ccc7ccccc7c6)N5)c4c3c2)cc1. The Hall–Kier alpha value is -6.00. The molecule has 4 nitrogen and oxygen atoms in total. The van der Waals surface area contributed by atoms with Crippen LogP contribution in [0.1, 0.15) is 22.9 Å². The van der Waals surface area contributed by atoms with Crippen LogP contribution in [0.5, 0.6) is 0 Å². The summed E-state index contributed by atoms with van der Waals surface area (Å²) in [5.74, 6) is 1.56. The van der Waals surface area contributed by atoms with Crippen molar-refractivity contribution in [1.82, 2.24) is 5.32 Å². The van der Waals surface area contributed by atoms with E-state index < -0.39 is 6.17 Å². The highest BCUT2D eigenvalue weighted by Gasteiger charge is 2.24. The van der Waals surface area contributed by atoms with E-state index in [0.717, 1.165) is 55.9 Å². The first kappa shape index (κ1) is 25.5. The molecule has 0 aliphatic carbocycles. The first-order valence-corrected chi connectivity index (χ1v) is 15.2. The van der Waals surface area contributed by atoms with Crippen molar-refractivity contribution in [3.63, 3.8) is 0 Å². The van der Waals surface area contributed by atoms with Gasteiger partial charge in [0.15, 0.2) is 6.17 Å². The number of benzene rings is 7. The molecule has 212 valence electrons. The summed E-state index contributed by atoms with van der Waals surface area (Å²) in [7, 11) is 0. The van der Waals surface area contributed by atoms with E-state index in [0.29, 0.717) is 0 Å². The third kappa shape index (κ3) is 4.47. The number of furan rings is 1. The van der Waals surface area contributed by atoms with E-state index in [-0.39, 0.29) is 0 Å². The van der Waals surface area contributed by atoms with Crippen LogP contribution in [-0.2, 0) is 0 Å². The zero-order valence-electron chi connectivity index (χ0n) is 24.3. The average Bonchev–Trinajstić information content (AvgIpc) is 3.49. The van der Waals surface area contributed by atoms with Gasteiger partial charge in [0, 0.05) is 21.9 Å². The summed E-state index contributed by atoms with van der Waals surface area (Å²) in [5.41, 5.74) is 7.03. The predicted molar refractivity (Wildman–Crippen MR) is 186 cm³/mol. The maximum atomic E-state index is 6.38. The summed E-state index contributed by atoms with van der Waals surface area (Å²) in [6.07, 6.45) is -0.416. The van der Waals surface area contributed by atoms with Gasteiger partial charge in [0.25, 0.3) is 0 Å². The molecule has 4 heteroatoms. The smallest absolute Gasteiger partial charge is 0.169 e. The predicted octanol–water partition coefficient (Wildman–Crippen LogP) is 10.1. The normalized spacial score (nSPS) is 14.9. The number of fused-ring (bicyclic) bond motifs is 5. The Morgan fingerprint density at radius 2 is 1.16 bits per heavy atom. The fourth-order valence-electron chi connectivity index (χ4n) is 6.42. The van der Waals surface area contributed by atoms with E-state index in [1.807, 2.05) is 18.2 Å². The van der Waals surface area contributed by atoms with Crippen molar-refractivity contribution in [3.8, 4) is 11.1 Å². The molecule has 0 saturated carbocycles. The monoisotopic (exact) mass is 577 g/mol. The highest BCUT2D eigenvalue weighted by molar-refractivity contribution is 6.24. The lowest BCUT2D eigenvalue weighted by molar-refractivity contribution is 0.669. The Balaban J connectivity index is 1.23. The standard InChI is InChI=1S/C41H27N3O/c1-2-9-26(10-3-1)31-21-22-36-35(25-31)38-34(15-8-16-37(38)45-36)41-43-39(32-19-17-27-11-4-6-13-29(27)23-32)42-40(44-41)33-20-18-28-12-5-7-14-30(28)24-33/h1-25,39H,(H,42,43,44). The van der Waals surface area contributed by atoms with Crippen molar-refractivity contribution in [1.29, 1.82) is 0 Å². The second-order valence-electron chi connectivity index (χ2n) is 11.5. The summed E-state index contributed by atoms with van der Waals surface area (Å²) in [4.78, 5) is 10.5. The highest BCUT2D eigenvalue weighted by Crippen LogP contribution is 2.36. The Labute approximate surface area is 260 Å². The molecule has 45 heavy (non-hydrogen) atoms. The zero-order chi connectivity index (χ0) is 29.7. The third-order valence-electron chi connectivity index (χ3n) is 8.69. The molecule has 1 unspecified atom stereocenters. The van der Waals surface area contributed by atoms with Crippen molar-refractivity contribution in [2.45, 2.75) is 6.17 Å². The second kappa shape index (κ2) is 10.3. The molecule has 0 amide bonds.